The van der Waals surface area contributed by atoms with Crippen molar-refractivity contribution in [1.29, 1.82) is 0 Å². The van der Waals surface area contributed by atoms with Gasteiger partial charge in [0, 0.05) is 6.42 Å². The van der Waals surface area contributed by atoms with Gasteiger partial charge >= 0.3 is 0 Å². The van der Waals surface area contributed by atoms with Crippen molar-refractivity contribution in [3.8, 4) is 0 Å². The average molecular weight is 436 g/mol. The lowest BCUT2D eigenvalue weighted by molar-refractivity contribution is -0.123. The molecule has 4 heteroatoms. The lowest BCUT2D eigenvalue weighted by Gasteiger charge is -2.19. The molecule has 31 heavy (non-hydrogen) atoms. The fraction of sp³-hybridized carbons (Fsp3) is 0.741. The van der Waals surface area contributed by atoms with Crippen LogP contribution in [-0.4, -0.2) is 34.9 Å². The third-order valence-corrected chi connectivity index (χ3v) is 5.35. The van der Waals surface area contributed by atoms with Gasteiger partial charge in [0.15, 0.2) is 0 Å². The SMILES string of the molecule is CCCC/C=C/CC/C=C/CC/C=C/C(O)C(CO)NC(=O)CCCCCCCCC. The van der Waals surface area contributed by atoms with Crippen LogP contribution in [0.4, 0.5) is 0 Å². The van der Waals surface area contributed by atoms with Crippen LogP contribution in [0.2, 0.25) is 0 Å². The number of nitrogens with one attached hydrogen (secondary N) is 1. The molecule has 0 aliphatic rings. The van der Waals surface area contributed by atoms with Crippen LogP contribution in [0.15, 0.2) is 36.5 Å². The number of carbonyl (C=O) groups excluding carboxylic acids is 1. The Morgan fingerprint density at radius 1 is 0.742 bits per heavy atom. The Hall–Kier alpha value is -1.39. The Morgan fingerprint density at radius 3 is 1.84 bits per heavy atom. The third-order valence-electron chi connectivity index (χ3n) is 5.35. The summed E-state index contributed by atoms with van der Waals surface area (Å²) in [6, 6.07) is -0.636. The first-order valence-corrected chi connectivity index (χ1v) is 12.7. The molecule has 0 saturated carbocycles. The van der Waals surface area contributed by atoms with Crippen molar-refractivity contribution < 1.29 is 15.0 Å². The Morgan fingerprint density at radius 2 is 1.26 bits per heavy atom. The van der Waals surface area contributed by atoms with Crippen LogP contribution >= 0.6 is 0 Å². The molecule has 0 fully saturated rings. The van der Waals surface area contributed by atoms with Crippen LogP contribution in [0.25, 0.3) is 0 Å². The number of hydrogen-bond donors (Lipinski definition) is 3. The summed E-state index contributed by atoms with van der Waals surface area (Å²) in [7, 11) is 0. The molecular formula is C27H49NO3. The monoisotopic (exact) mass is 435 g/mol. The molecule has 0 aliphatic carbocycles. The fourth-order valence-corrected chi connectivity index (χ4v) is 3.31. The normalized spacial score (nSPS) is 14.1. The average Bonchev–Trinajstić information content (AvgIpc) is 2.77. The maximum Gasteiger partial charge on any atom is 0.220 e. The van der Waals surface area contributed by atoms with E-state index in [-0.39, 0.29) is 12.5 Å². The molecule has 0 aliphatic heterocycles. The molecule has 4 nitrogen and oxygen atoms in total. The first-order chi connectivity index (χ1) is 15.2. The number of hydrogen-bond acceptors (Lipinski definition) is 3. The van der Waals surface area contributed by atoms with E-state index < -0.39 is 12.1 Å². The number of allylic oxidation sites excluding steroid dienone is 5. The predicted octanol–water partition coefficient (Wildman–Crippen LogP) is 6.38. The standard InChI is InChI=1S/C27H49NO3/c1-3-5-7-9-11-12-13-14-15-17-18-20-22-26(30)25(24-29)28-27(31)23-21-19-16-10-8-6-4-2/h9,11,14-15,20,22,25-26,29-30H,3-8,10,12-13,16-19,21,23-24H2,1-2H3,(H,28,31)/b11-9+,15-14+,22-20+. The van der Waals surface area contributed by atoms with Gasteiger partial charge in [0.2, 0.25) is 5.91 Å². The minimum absolute atomic E-state index is 0.0910. The maximum absolute atomic E-state index is 12.1. The summed E-state index contributed by atoms with van der Waals surface area (Å²) in [5, 5.41) is 22.5. The summed E-state index contributed by atoms with van der Waals surface area (Å²) in [4.78, 5) is 12.1. The van der Waals surface area contributed by atoms with Crippen molar-refractivity contribution in [1.82, 2.24) is 5.32 Å². The second kappa shape index (κ2) is 23.3. The second-order valence-corrected chi connectivity index (χ2v) is 8.39. The second-order valence-electron chi connectivity index (χ2n) is 8.39. The smallest absolute Gasteiger partial charge is 0.220 e. The Kier molecular flexibility index (Phi) is 22.2. The van der Waals surface area contributed by atoms with Gasteiger partial charge in [-0.1, -0.05) is 102 Å². The van der Waals surface area contributed by atoms with E-state index in [4.69, 9.17) is 0 Å². The number of carbonyl (C=O) groups is 1. The quantitative estimate of drug-likeness (QED) is 0.145. The number of unbranched alkanes of at least 4 members (excludes halogenated alkanes) is 10. The van der Waals surface area contributed by atoms with Crippen molar-refractivity contribution in [2.45, 2.75) is 122 Å². The first kappa shape index (κ1) is 29.6. The van der Waals surface area contributed by atoms with Gasteiger partial charge in [0.1, 0.15) is 0 Å². The highest BCUT2D eigenvalue weighted by Crippen LogP contribution is 2.09. The zero-order valence-electron chi connectivity index (χ0n) is 20.2. The lowest BCUT2D eigenvalue weighted by atomic mass is 10.1. The van der Waals surface area contributed by atoms with Crippen molar-refractivity contribution in [3.63, 3.8) is 0 Å². The van der Waals surface area contributed by atoms with Crippen LogP contribution in [0.1, 0.15) is 110 Å². The predicted molar refractivity (Wildman–Crippen MR) is 133 cm³/mol. The molecular weight excluding hydrogens is 386 g/mol. The molecule has 0 aromatic rings. The van der Waals surface area contributed by atoms with Gasteiger partial charge in [-0.3, -0.25) is 4.79 Å². The van der Waals surface area contributed by atoms with E-state index in [0.29, 0.717) is 6.42 Å². The zero-order chi connectivity index (χ0) is 23.0. The summed E-state index contributed by atoms with van der Waals surface area (Å²) < 4.78 is 0. The molecule has 0 aromatic heterocycles. The van der Waals surface area contributed by atoms with Crippen molar-refractivity contribution in [2.24, 2.45) is 0 Å². The van der Waals surface area contributed by atoms with Crippen LogP contribution in [0, 0.1) is 0 Å². The van der Waals surface area contributed by atoms with E-state index in [1.165, 1.54) is 51.4 Å². The first-order valence-electron chi connectivity index (χ1n) is 12.7. The molecule has 0 bridgehead atoms. The minimum Gasteiger partial charge on any atom is -0.394 e. The largest absolute Gasteiger partial charge is 0.394 e. The van der Waals surface area contributed by atoms with Gasteiger partial charge in [-0.05, 0) is 38.5 Å². The van der Waals surface area contributed by atoms with Crippen LogP contribution in [0.5, 0.6) is 0 Å². The van der Waals surface area contributed by atoms with E-state index in [0.717, 1.165) is 38.5 Å². The summed E-state index contributed by atoms with van der Waals surface area (Å²) >= 11 is 0. The highest BCUT2D eigenvalue weighted by atomic mass is 16.3. The molecule has 1 amide bonds. The number of aliphatic hydroxyl groups excluding tert-OH is 2. The van der Waals surface area contributed by atoms with Crippen LogP contribution in [-0.2, 0) is 4.79 Å². The van der Waals surface area contributed by atoms with Gasteiger partial charge in [0.25, 0.3) is 0 Å². The number of aliphatic hydroxyl groups is 2. The molecule has 3 N–H and O–H groups in total. The fourth-order valence-electron chi connectivity index (χ4n) is 3.31. The molecule has 180 valence electrons. The highest BCUT2D eigenvalue weighted by molar-refractivity contribution is 5.76. The number of amides is 1. The van der Waals surface area contributed by atoms with Crippen molar-refractivity contribution in [3.05, 3.63) is 36.5 Å². The van der Waals surface area contributed by atoms with E-state index in [2.05, 4.69) is 43.5 Å². The summed E-state index contributed by atoms with van der Waals surface area (Å²) in [5.41, 5.74) is 0. The molecule has 0 spiro atoms. The van der Waals surface area contributed by atoms with Gasteiger partial charge in [-0.15, -0.1) is 0 Å². The Labute approximate surface area is 191 Å². The molecule has 0 radical (unpaired) electrons. The minimum atomic E-state index is -0.861. The van der Waals surface area contributed by atoms with E-state index in [9.17, 15) is 15.0 Å². The van der Waals surface area contributed by atoms with Crippen molar-refractivity contribution in [2.75, 3.05) is 6.61 Å². The molecule has 0 saturated heterocycles. The van der Waals surface area contributed by atoms with Gasteiger partial charge < -0.3 is 15.5 Å². The lowest BCUT2D eigenvalue weighted by Crippen LogP contribution is -2.45. The highest BCUT2D eigenvalue weighted by Gasteiger charge is 2.17. The van der Waals surface area contributed by atoms with Crippen molar-refractivity contribution >= 4 is 5.91 Å². The van der Waals surface area contributed by atoms with E-state index in [1.807, 2.05) is 6.08 Å². The molecule has 2 atom stereocenters. The van der Waals surface area contributed by atoms with Gasteiger partial charge in [-0.25, -0.2) is 0 Å². The van der Waals surface area contributed by atoms with Gasteiger partial charge in [0.05, 0.1) is 18.8 Å². The molecule has 2 unspecified atom stereocenters. The molecule has 0 rings (SSSR count). The van der Waals surface area contributed by atoms with E-state index in [1.54, 1.807) is 6.08 Å². The topological polar surface area (TPSA) is 69.6 Å². The third kappa shape index (κ3) is 20.3. The zero-order valence-corrected chi connectivity index (χ0v) is 20.2. The van der Waals surface area contributed by atoms with Gasteiger partial charge in [-0.2, -0.15) is 0 Å². The Bertz CT molecular complexity index is 485. The maximum atomic E-state index is 12.1. The molecule has 0 heterocycles. The molecule has 0 aromatic carbocycles. The summed E-state index contributed by atoms with van der Waals surface area (Å²) in [5.74, 6) is -0.0910. The van der Waals surface area contributed by atoms with Crippen LogP contribution < -0.4 is 5.32 Å². The van der Waals surface area contributed by atoms with E-state index >= 15 is 0 Å². The Balaban J connectivity index is 3.87. The van der Waals surface area contributed by atoms with Crippen LogP contribution in [0.3, 0.4) is 0 Å². The number of rotatable bonds is 21. The summed E-state index contributed by atoms with van der Waals surface area (Å²) in [6.45, 7) is 4.15. The summed E-state index contributed by atoms with van der Waals surface area (Å²) in [6.07, 6.45) is 27.9.